The molecule has 1 N–H and O–H groups in total. The first-order valence-corrected chi connectivity index (χ1v) is 7.63. The van der Waals surface area contributed by atoms with Crippen molar-refractivity contribution >= 4 is 40.9 Å². The summed E-state index contributed by atoms with van der Waals surface area (Å²) in [4.78, 5) is 12.2. The van der Waals surface area contributed by atoms with Crippen LogP contribution in [0.25, 0.3) is 6.08 Å². The Hall–Kier alpha value is -2.56. The van der Waals surface area contributed by atoms with Crippen LogP contribution in [-0.4, -0.2) is 5.91 Å². The summed E-state index contributed by atoms with van der Waals surface area (Å²) in [5.74, 6) is -1.83. The normalized spacial score (nSPS) is 11.8. The Morgan fingerprint density at radius 3 is 2.42 bits per heavy atom. The molecule has 0 aromatic heterocycles. The van der Waals surface area contributed by atoms with E-state index in [0.717, 1.165) is 24.3 Å². The van der Waals surface area contributed by atoms with E-state index in [1.807, 2.05) is 0 Å². The summed E-state index contributed by atoms with van der Waals surface area (Å²) in [6, 6.07) is 7.66. The summed E-state index contributed by atoms with van der Waals surface area (Å²) in [5, 5.41) is 11.0. The molecule has 0 aliphatic carbocycles. The fourth-order valence-electron chi connectivity index (χ4n) is 1.93. The van der Waals surface area contributed by atoms with E-state index >= 15 is 0 Å². The van der Waals surface area contributed by atoms with Crippen LogP contribution in [0.15, 0.2) is 42.0 Å². The number of anilines is 1. The fourth-order valence-corrected chi connectivity index (χ4v) is 2.31. The van der Waals surface area contributed by atoms with Crippen LogP contribution in [0.5, 0.6) is 0 Å². The second-order valence-electron chi connectivity index (χ2n) is 4.95. The summed E-state index contributed by atoms with van der Waals surface area (Å²) in [6.07, 6.45) is -3.74. The van der Waals surface area contributed by atoms with E-state index in [1.165, 1.54) is 12.1 Å². The molecule has 0 aliphatic heterocycles. The molecule has 9 heteroatoms. The van der Waals surface area contributed by atoms with Gasteiger partial charge in [0.15, 0.2) is 0 Å². The van der Waals surface area contributed by atoms with Crippen LogP contribution < -0.4 is 5.32 Å². The van der Waals surface area contributed by atoms with Crippen LogP contribution in [0.2, 0.25) is 10.0 Å². The fraction of sp³-hybridized carbons (Fsp3) is 0.0588. The Morgan fingerprint density at radius 1 is 1.15 bits per heavy atom. The van der Waals surface area contributed by atoms with E-state index in [0.29, 0.717) is 6.07 Å². The predicted octanol–water partition coefficient (Wildman–Crippen LogP) is 5.70. The third-order valence-corrected chi connectivity index (χ3v) is 3.85. The molecular weight excluding hydrogens is 395 g/mol. The molecule has 0 aliphatic rings. The molecule has 3 nitrogen and oxygen atoms in total. The van der Waals surface area contributed by atoms with Gasteiger partial charge in [-0.15, -0.1) is 0 Å². The number of nitriles is 1. The van der Waals surface area contributed by atoms with Gasteiger partial charge in [0.1, 0.15) is 17.5 Å². The number of halogens is 6. The van der Waals surface area contributed by atoms with E-state index in [-0.39, 0.29) is 21.3 Å². The standard InChI is InChI=1S/C17H8Cl2F4N2O/c18-12-2-1-3-14(20)11(12)6-9(8-24)16(26)25-15-7-10(17(21,22)23)4-5-13(15)19/h1-7H,(H,25,26). The second-order valence-corrected chi connectivity index (χ2v) is 5.77. The van der Waals surface area contributed by atoms with Gasteiger partial charge in [-0.2, -0.15) is 18.4 Å². The first-order chi connectivity index (χ1) is 12.1. The van der Waals surface area contributed by atoms with Gasteiger partial charge >= 0.3 is 6.18 Å². The first-order valence-electron chi connectivity index (χ1n) is 6.87. The van der Waals surface area contributed by atoms with Gasteiger partial charge in [-0.05, 0) is 36.4 Å². The molecule has 1 amide bonds. The van der Waals surface area contributed by atoms with Crippen molar-refractivity contribution < 1.29 is 22.4 Å². The van der Waals surface area contributed by atoms with E-state index in [9.17, 15) is 22.4 Å². The zero-order valence-electron chi connectivity index (χ0n) is 12.7. The molecule has 0 bridgehead atoms. The van der Waals surface area contributed by atoms with Crippen molar-refractivity contribution in [3.05, 3.63) is 69.0 Å². The van der Waals surface area contributed by atoms with Crippen LogP contribution in [-0.2, 0) is 11.0 Å². The highest BCUT2D eigenvalue weighted by molar-refractivity contribution is 6.34. The van der Waals surface area contributed by atoms with Crippen molar-refractivity contribution in [2.24, 2.45) is 0 Å². The molecule has 26 heavy (non-hydrogen) atoms. The summed E-state index contributed by atoms with van der Waals surface area (Å²) in [6.45, 7) is 0. The topological polar surface area (TPSA) is 52.9 Å². The number of nitrogens with one attached hydrogen (secondary N) is 1. The molecule has 2 aromatic carbocycles. The van der Waals surface area contributed by atoms with Gasteiger partial charge in [0.2, 0.25) is 0 Å². The predicted molar refractivity (Wildman–Crippen MR) is 90.1 cm³/mol. The van der Waals surface area contributed by atoms with Gasteiger partial charge in [0, 0.05) is 5.56 Å². The van der Waals surface area contributed by atoms with Crippen molar-refractivity contribution in [1.29, 1.82) is 5.26 Å². The molecule has 0 saturated heterocycles. The van der Waals surface area contributed by atoms with E-state index < -0.39 is 29.0 Å². The van der Waals surface area contributed by atoms with Crippen molar-refractivity contribution in [2.45, 2.75) is 6.18 Å². The Morgan fingerprint density at radius 2 is 1.85 bits per heavy atom. The minimum Gasteiger partial charge on any atom is -0.320 e. The average molecular weight is 403 g/mol. The van der Waals surface area contributed by atoms with Gasteiger partial charge in [0.05, 0.1) is 21.3 Å². The smallest absolute Gasteiger partial charge is 0.320 e. The van der Waals surface area contributed by atoms with Crippen LogP contribution in [0.3, 0.4) is 0 Å². The number of rotatable bonds is 3. The number of hydrogen-bond acceptors (Lipinski definition) is 2. The summed E-state index contributed by atoms with van der Waals surface area (Å²) in [5.41, 5.74) is -2.13. The Balaban J connectivity index is 2.37. The van der Waals surface area contributed by atoms with Gasteiger partial charge in [-0.1, -0.05) is 29.3 Å². The molecule has 0 atom stereocenters. The highest BCUT2D eigenvalue weighted by Crippen LogP contribution is 2.34. The lowest BCUT2D eigenvalue weighted by Gasteiger charge is -2.11. The van der Waals surface area contributed by atoms with Crippen LogP contribution >= 0.6 is 23.2 Å². The zero-order valence-corrected chi connectivity index (χ0v) is 14.2. The molecule has 0 unspecified atom stereocenters. The molecule has 0 spiro atoms. The maximum absolute atomic E-state index is 13.8. The molecule has 0 radical (unpaired) electrons. The molecule has 0 saturated carbocycles. The Bertz CT molecular complexity index is 913. The van der Waals surface area contributed by atoms with Gasteiger partial charge in [0.25, 0.3) is 5.91 Å². The SMILES string of the molecule is N#CC(=Cc1c(F)cccc1Cl)C(=O)Nc1cc(C(F)(F)F)ccc1Cl. The van der Waals surface area contributed by atoms with E-state index in [1.54, 1.807) is 6.07 Å². The van der Waals surface area contributed by atoms with Crippen molar-refractivity contribution in [3.63, 3.8) is 0 Å². The summed E-state index contributed by atoms with van der Waals surface area (Å²) < 4.78 is 52.1. The third kappa shape index (κ3) is 4.54. The number of carbonyl (C=O) groups excluding carboxylic acids is 1. The molecule has 0 heterocycles. The van der Waals surface area contributed by atoms with Gasteiger partial charge < -0.3 is 5.32 Å². The number of amides is 1. The lowest BCUT2D eigenvalue weighted by atomic mass is 10.1. The van der Waals surface area contributed by atoms with Gasteiger partial charge in [-0.25, -0.2) is 4.39 Å². The van der Waals surface area contributed by atoms with Crippen LogP contribution in [0.1, 0.15) is 11.1 Å². The molecule has 2 rings (SSSR count). The van der Waals surface area contributed by atoms with Crippen molar-refractivity contribution in [3.8, 4) is 6.07 Å². The molecular formula is C17H8Cl2F4N2O. The number of hydrogen-bond donors (Lipinski definition) is 1. The quantitative estimate of drug-likeness (QED) is 0.406. The highest BCUT2D eigenvalue weighted by Gasteiger charge is 2.31. The minimum absolute atomic E-state index is 0.0392. The summed E-state index contributed by atoms with van der Waals surface area (Å²) >= 11 is 11.6. The van der Waals surface area contributed by atoms with Crippen molar-refractivity contribution in [1.82, 2.24) is 0 Å². The highest BCUT2D eigenvalue weighted by atomic mass is 35.5. The molecule has 0 fully saturated rings. The molecule has 2 aromatic rings. The average Bonchev–Trinajstić information content (AvgIpc) is 2.55. The van der Waals surface area contributed by atoms with E-state index in [2.05, 4.69) is 5.32 Å². The van der Waals surface area contributed by atoms with E-state index in [4.69, 9.17) is 28.5 Å². The van der Waals surface area contributed by atoms with Crippen LogP contribution in [0, 0.1) is 17.1 Å². The van der Waals surface area contributed by atoms with Crippen LogP contribution in [0.4, 0.5) is 23.2 Å². The minimum atomic E-state index is -4.64. The number of alkyl halides is 3. The van der Waals surface area contributed by atoms with Crippen molar-refractivity contribution in [2.75, 3.05) is 5.32 Å². The molecule has 134 valence electrons. The third-order valence-electron chi connectivity index (χ3n) is 3.20. The zero-order chi connectivity index (χ0) is 19.5. The summed E-state index contributed by atoms with van der Waals surface area (Å²) in [7, 11) is 0. The Labute approximate surface area is 155 Å². The largest absolute Gasteiger partial charge is 0.416 e. The second kappa shape index (κ2) is 7.77. The lowest BCUT2D eigenvalue weighted by Crippen LogP contribution is -2.15. The van der Waals surface area contributed by atoms with Gasteiger partial charge in [-0.3, -0.25) is 4.79 Å². The maximum atomic E-state index is 13.8. The lowest BCUT2D eigenvalue weighted by molar-refractivity contribution is -0.137. The monoisotopic (exact) mass is 402 g/mol. The number of benzene rings is 2. The number of carbonyl (C=O) groups is 1. The number of nitrogens with zero attached hydrogens (tertiary/aromatic N) is 1. The first kappa shape index (κ1) is 19.8. The maximum Gasteiger partial charge on any atom is 0.416 e. The Kier molecular flexibility index (Phi) is 5.90.